The molecule has 2 rings (SSSR count). The van der Waals surface area contributed by atoms with Gasteiger partial charge >= 0.3 is 18.3 Å². The molecular formula is C20H16BrF6NO3. The van der Waals surface area contributed by atoms with Gasteiger partial charge in [-0.25, -0.2) is 4.79 Å². The van der Waals surface area contributed by atoms with E-state index in [0.29, 0.717) is 22.2 Å². The van der Waals surface area contributed by atoms with E-state index in [1.54, 1.807) is 24.3 Å². The first kappa shape index (κ1) is 24.7. The Labute approximate surface area is 181 Å². The summed E-state index contributed by atoms with van der Waals surface area (Å²) >= 11 is 3.29. The number of alkyl halides is 6. The van der Waals surface area contributed by atoms with E-state index in [-0.39, 0.29) is 12.5 Å². The second-order valence-electron chi connectivity index (χ2n) is 6.53. The van der Waals surface area contributed by atoms with Crippen LogP contribution in [-0.4, -0.2) is 25.0 Å². The quantitative estimate of drug-likeness (QED) is 0.442. The molecule has 11 heteroatoms. The maximum absolute atomic E-state index is 13.0. The van der Waals surface area contributed by atoms with Crippen molar-refractivity contribution < 1.29 is 40.7 Å². The zero-order valence-electron chi connectivity index (χ0n) is 15.9. The van der Waals surface area contributed by atoms with E-state index in [2.05, 4.69) is 26.0 Å². The predicted octanol–water partition coefficient (Wildman–Crippen LogP) is 4.93. The zero-order chi connectivity index (χ0) is 23.4. The third-order valence-electron chi connectivity index (χ3n) is 4.21. The fourth-order valence-corrected chi connectivity index (χ4v) is 3.22. The van der Waals surface area contributed by atoms with Crippen LogP contribution < -0.4 is 5.32 Å². The minimum absolute atomic E-state index is 0.00374. The van der Waals surface area contributed by atoms with Gasteiger partial charge in [-0.05, 0) is 35.4 Å². The Morgan fingerprint density at radius 3 is 2.03 bits per heavy atom. The number of esters is 1. The Hall–Kier alpha value is -2.56. The Bertz CT molecular complexity index is 926. The first-order valence-corrected chi connectivity index (χ1v) is 9.49. The van der Waals surface area contributed by atoms with Crippen LogP contribution in [0.3, 0.4) is 0 Å². The molecule has 168 valence electrons. The van der Waals surface area contributed by atoms with Crippen LogP contribution in [0.1, 0.15) is 22.3 Å². The van der Waals surface area contributed by atoms with E-state index in [0.717, 1.165) is 7.11 Å². The molecule has 0 bridgehead atoms. The van der Waals surface area contributed by atoms with Crippen LogP contribution in [0.4, 0.5) is 26.3 Å². The molecule has 1 amide bonds. The summed E-state index contributed by atoms with van der Waals surface area (Å²) in [5, 5.41) is 2.31. The molecular weight excluding hydrogens is 496 g/mol. The van der Waals surface area contributed by atoms with Gasteiger partial charge in [0.1, 0.15) is 6.04 Å². The number of benzene rings is 2. The molecule has 0 unspecified atom stereocenters. The summed E-state index contributed by atoms with van der Waals surface area (Å²) in [6.07, 6.45) is -10.9. The summed E-state index contributed by atoms with van der Waals surface area (Å²) in [6.45, 7) is 0. The fraction of sp³-hybridized carbons (Fsp3) is 0.300. The lowest BCUT2D eigenvalue weighted by atomic mass is 10.0. The van der Waals surface area contributed by atoms with Crippen LogP contribution in [0, 0.1) is 0 Å². The molecule has 0 spiro atoms. The summed E-state index contributed by atoms with van der Waals surface area (Å²) in [5.41, 5.74) is -2.91. The number of ether oxygens (including phenoxy) is 1. The predicted molar refractivity (Wildman–Crippen MR) is 102 cm³/mol. The van der Waals surface area contributed by atoms with E-state index < -0.39 is 53.4 Å². The van der Waals surface area contributed by atoms with Crippen LogP contribution in [0.2, 0.25) is 0 Å². The molecule has 31 heavy (non-hydrogen) atoms. The number of halogens is 7. The summed E-state index contributed by atoms with van der Waals surface area (Å²) in [6, 6.07) is 6.52. The number of nitrogens with one attached hydrogen (secondary N) is 1. The van der Waals surface area contributed by atoms with Crippen molar-refractivity contribution >= 4 is 27.8 Å². The highest BCUT2D eigenvalue weighted by molar-refractivity contribution is 9.10. The van der Waals surface area contributed by atoms with Crippen LogP contribution in [0.15, 0.2) is 46.9 Å². The Morgan fingerprint density at radius 2 is 1.55 bits per heavy atom. The van der Waals surface area contributed by atoms with Gasteiger partial charge in [-0.1, -0.05) is 34.1 Å². The lowest BCUT2D eigenvalue weighted by Gasteiger charge is -2.18. The van der Waals surface area contributed by atoms with E-state index in [1.165, 1.54) is 0 Å². The van der Waals surface area contributed by atoms with Crippen LogP contribution in [0.5, 0.6) is 0 Å². The molecule has 0 aliphatic heterocycles. The Balaban J connectivity index is 2.26. The molecule has 4 nitrogen and oxygen atoms in total. The van der Waals surface area contributed by atoms with Gasteiger partial charge in [0.15, 0.2) is 0 Å². The minimum atomic E-state index is -5.03. The van der Waals surface area contributed by atoms with E-state index in [9.17, 15) is 35.9 Å². The number of hydrogen-bond donors (Lipinski definition) is 1. The number of methoxy groups -OCH3 is 1. The molecule has 0 aliphatic rings. The summed E-state index contributed by atoms with van der Waals surface area (Å²) in [7, 11) is 1.09. The highest BCUT2D eigenvalue weighted by Gasteiger charge is 2.37. The van der Waals surface area contributed by atoms with Gasteiger partial charge in [-0.2, -0.15) is 26.3 Å². The molecule has 1 N–H and O–H groups in total. The van der Waals surface area contributed by atoms with E-state index in [4.69, 9.17) is 0 Å². The van der Waals surface area contributed by atoms with Crippen molar-refractivity contribution in [3.63, 3.8) is 0 Å². The number of carbonyl (C=O) groups is 2. The molecule has 0 aromatic heterocycles. The van der Waals surface area contributed by atoms with E-state index >= 15 is 0 Å². The van der Waals surface area contributed by atoms with Gasteiger partial charge in [0.25, 0.3) is 0 Å². The largest absolute Gasteiger partial charge is 0.467 e. The average Bonchev–Trinajstić information content (AvgIpc) is 2.66. The van der Waals surface area contributed by atoms with Gasteiger partial charge in [-0.3, -0.25) is 4.79 Å². The topological polar surface area (TPSA) is 55.4 Å². The van der Waals surface area contributed by atoms with Crippen molar-refractivity contribution in [1.82, 2.24) is 5.32 Å². The highest BCUT2D eigenvalue weighted by Crippen LogP contribution is 2.36. The molecule has 0 aliphatic carbocycles. The number of hydrogen-bond acceptors (Lipinski definition) is 3. The fourth-order valence-electron chi connectivity index (χ4n) is 2.77. The maximum atomic E-state index is 13.0. The van der Waals surface area contributed by atoms with Crippen molar-refractivity contribution in [2.75, 3.05) is 7.11 Å². The summed E-state index contributed by atoms with van der Waals surface area (Å²) in [5.74, 6) is -1.75. The third-order valence-corrected chi connectivity index (χ3v) is 4.99. The van der Waals surface area contributed by atoms with Crippen molar-refractivity contribution in [2.45, 2.75) is 31.2 Å². The summed E-state index contributed by atoms with van der Waals surface area (Å²) < 4.78 is 83.2. The summed E-state index contributed by atoms with van der Waals surface area (Å²) in [4.78, 5) is 24.4. The van der Waals surface area contributed by atoms with Crippen molar-refractivity contribution in [3.8, 4) is 0 Å². The number of amides is 1. The molecule has 2 aromatic rings. The van der Waals surface area contributed by atoms with Crippen molar-refractivity contribution in [2.24, 2.45) is 0 Å². The molecule has 0 radical (unpaired) electrons. The van der Waals surface area contributed by atoms with Gasteiger partial charge in [0.05, 0.1) is 24.7 Å². The standard InChI is InChI=1S/C20H16BrF6NO3/c1-31-18(30)16(9-12-4-2-3-5-15(12)21)28-17(29)8-11-6-13(19(22,23)24)10-14(7-11)20(25,26)27/h2-7,10,16H,8-9H2,1H3,(H,28,29)/t16-/m0/s1. The average molecular weight is 512 g/mol. The van der Waals surface area contributed by atoms with Gasteiger partial charge < -0.3 is 10.1 Å². The first-order valence-electron chi connectivity index (χ1n) is 8.70. The molecule has 2 aromatic carbocycles. The highest BCUT2D eigenvalue weighted by atomic mass is 79.9. The molecule has 0 heterocycles. The van der Waals surface area contributed by atoms with Gasteiger partial charge in [-0.15, -0.1) is 0 Å². The zero-order valence-corrected chi connectivity index (χ0v) is 17.5. The van der Waals surface area contributed by atoms with Gasteiger partial charge in [0.2, 0.25) is 5.91 Å². The van der Waals surface area contributed by atoms with Crippen LogP contribution >= 0.6 is 15.9 Å². The second kappa shape index (κ2) is 9.71. The van der Waals surface area contributed by atoms with Gasteiger partial charge in [0, 0.05) is 10.9 Å². The maximum Gasteiger partial charge on any atom is 0.416 e. The Morgan fingerprint density at radius 1 is 1.00 bits per heavy atom. The lowest BCUT2D eigenvalue weighted by Crippen LogP contribution is -2.43. The SMILES string of the molecule is COC(=O)[C@H](Cc1ccccc1Br)NC(=O)Cc1cc(C(F)(F)F)cc(C(F)(F)F)c1. The molecule has 0 saturated heterocycles. The smallest absolute Gasteiger partial charge is 0.416 e. The number of carbonyl (C=O) groups excluding carboxylic acids is 2. The molecule has 1 atom stereocenters. The first-order chi connectivity index (χ1) is 14.3. The Kier molecular flexibility index (Phi) is 7.74. The third kappa shape index (κ3) is 6.98. The second-order valence-corrected chi connectivity index (χ2v) is 7.38. The van der Waals surface area contributed by atoms with Crippen molar-refractivity contribution in [1.29, 1.82) is 0 Å². The molecule has 0 fully saturated rings. The monoisotopic (exact) mass is 511 g/mol. The normalized spacial score (nSPS) is 12.9. The van der Waals surface area contributed by atoms with Crippen LogP contribution in [0.25, 0.3) is 0 Å². The lowest BCUT2D eigenvalue weighted by molar-refractivity contribution is -0.145. The minimum Gasteiger partial charge on any atom is -0.467 e. The van der Waals surface area contributed by atoms with E-state index in [1.807, 2.05) is 0 Å². The van der Waals surface area contributed by atoms with Crippen LogP contribution in [-0.2, 0) is 39.5 Å². The number of rotatable bonds is 6. The molecule has 0 saturated carbocycles. The van der Waals surface area contributed by atoms with Crippen molar-refractivity contribution in [3.05, 3.63) is 69.2 Å².